The van der Waals surface area contributed by atoms with Gasteiger partial charge in [-0.2, -0.15) is 0 Å². The van der Waals surface area contributed by atoms with E-state index in [9.17, 15) is 4.79 Å². The van der Waals surface area contributed by atoms with Gasteiger partial charge in [0.05, 0.1) is 11.3 Å². The van der Waals surface area contributed by atoms with Crippen molar-refractivity contribution in [1.82, 2.24) is 0 Å². The number of carbonyl (C=O) groups is 1. The molecule has 3 heteroatoms. The summed E-state index contributed by atoms with van der Waals surface area (Å²) in [5.41, 5.74) is 2.21. The molecule has 0 saturated heterocycles. The molecule has 92 valence electrons. The van der Waals surface area contributed by atoms with Crippen LogP contribution in [0.25, 0.3) is 0 Å². The Morgan fingerprint density at radius 3 is 2.82 bits per heavy atom. The van der Waals surface area contributed by atoms with E-state index >= 15 is 0 Å². The SMILES string of the molecule is C=CCCCN(C)c1cc(C)ccc1C(=O)O. The summed E-state index contributed by atoms with van der Waals surface area (Å²) in [6.45, 7) is 6.47. The van der Waals surface area contributed by atoms with Crippen molar-refractivity contribution in [2.75, 3.05) is 18.5 Å². The fourth-order valence-electron chi connectivity index (χ4n) is 1.73. The van der Waals surface area contributed by atoms with Crippen LogP contribution in [0.3, 0.4) is 0 Å². The minimum Gasteiger partial charge on any atom is -0.478 e. The van der Waals surface area contributed by atoms with Gasteiger partial charge in [-0.3, -0.25) is 0 Å². The first-order chi connectivity index (χ1) is 8.06. The van der Waals surface area contributed by atoms with E-state index in [2.05, 4.69) is 6.58 Å². The van der Waals surface area contributed by atoms with Crippen molar-refractivity contribution >= 4 is 11.7 Å². The van der Waals surface area contributed by atoms with E-state index in [0.29, 0.717) is 5.56 Å². The number of carboxylic acid groups (broad SMARTS) is 1. The number of unbranched alkanes of at least 4 members (excludes halogenated alkanes) is 1. The zero-order chi connectivity index (χ0) is 12.8. The second-order valence-electron chi connectivity index (χ2n) is 4.18. The number of allylic oxidation sites excluding steroid dienone is 1. The minimum atomic E-state index is -0.879. The smallest absolute Gasteiger partial charge is 0.337 e. The summed E-state index contributed by atoms with van der Waals surface area (Å²) in [6, 6.07) is 5.40. The highest BCUT2D eigenvalue weighted by molar-refractivity contribution is 5.94. The van der Waals surface area contributed by atoms with Crippen molar-refractivity contribution in [1.29, 1.82) is 0 Å². The summed E-state index contributed by atoms with van der Waals surface area (Å²) in [7, 11) is 1.92. The molecule has 0 atom stereocenters. The van der Waals surface area contributed by atoms with Gasteiger partial charge in [-0.05, 0) is 37.5 Å². The summed E-state index contributed by atoms with van der Waals surface area (Å²) in [6.07, 6.45) is 3.80. The first kappa shape index (κ1) is 13.3. The zero-order valence-corrected chi connectivity index (χ0v) is 10.4. The number of hydrogen-bond donors (Lipinski definition) is 1. The fraction of sp³-hybridized carbons (Fsp3) is 0.357. The molecule has 0 fully saturated rings. The maximum atomic E-state index is 11.1. The van der Waals surface area contributed by atoms with E-state index in [-0.39, 0.29) is 0 Å². The average Bonchev–Trinajstić information content (AvgIpc) is 2.28. The van der Waals surface area contributed by atoms with Gasteiger partial charge in [-0.1, -0.05) is 12.1 Å². The molecule has 0 saturated carbocycles. The first-order valence-electron chi connectivity index (χ1n) is 5.72. The maximum Gasteiger partial charge on any atom is 0.337 e. The lowest BCUT2D eigenvalue weighted by Gasteiger charge is -2.21. The molecule has 1 aromatic carbocycles. The summed E-state index contributed by atoms with van der Waals surface area (Å²) in [4.78, 5) is 13.1. The predicted octanol–water partition coefficient (Wildman–Crippen LogP) is 3.10. The molecular formula is C14H19NO2. The molecule has 1 N–H and O–H groups in total. The molecule has 0 aliphatic rings. The summed E-state index contributed by atoms with van der Waals surface area (Å²) < 4.78 is 0. The molecule has 3 nitrogen and oxygen atoms in total. The summed E-state index contributed by atoms with van der Waals surface area (Å²) >= 11 is 0. The molecule has 0 aromatic heterocycles. The van der Waals surface area contributed by atoms with Crippen molar-refractivity contribution in [2.45, 2.75) is 19.8 Å². The number of rotatable bonds is 6. The molecule has 0 radical (unpaired) electrons. The van der Waals surface area contributed by atoms with Gasteiger partial charge in [0, 0.05) is 13.6 Å². The largest absolute Gasteiger partial charge is 0.478 e. The van der Waals surface area contributed by atoms with Crippen molar-refractivity contribution in [2.24, 2.45) is 0 Å². The quantitative estimate of drug-likeness (QED) is 0.606. The second-order valence-corrected chi connectivity index (χ2v) is 4.18. The van der Waals surface area contributed by atoms with E-state index in [1.807, 2.05) is 37.1 Å². The molecule has 0 spiro atoms. The standard InChI is InChI=1S/C14H19NO2/c1-4-5-6-9-15(3)13-10-11(2)7-8-12(13)14(16)17/h4,7-8,10H,1,5-6,9H2,2-3H3,(H,16,17). The number of carboxylic acids is 1. The normalized spacial score (nSPS) is 10.0. The van der Waals surface area contributed by atoms with Gasteiger partial charge in [0.25, 0.3) is 0 Å². The van der Waals surface area contributed by atoms with E-state index < -0.39 is 5.97 Å². The average molecular weight is 233 g/mol. The van der Waals surface area contributed by atoms with Crippen LogP contribution in [0.4, 0.5) is 5.69 Å². The zero-order valence-electron chi connectivity index (χ0n) is 10.4. The molecule has 0 amide bonds. The number of hydrogen-bond acceptors (Lipinski definition) is 2. The lowest BCUT2D eigenvalue weighted by Crippen LogP contribution is -2.21. The van der Waals surface area contributed by atoms with Crippen LogP contribution in [0, 0.1) is 6.92 Å². The van der Waals surface area contributed by atoms with Crippen LogP contribution in [0.1, 0.15) is 28.8 Å². The first-order valence-corrected chi connectivity index (χ1v) is 5.72. The minimum absolute atomic E-state index is 0.358. The number of benzene rings is 1. The Hall–Kier alpha value is -1.77. The van der Waals surface area contributed by atoms with Gasteiger partial charge in [0.1, 0.15) is 0 Å². The van der Waals surface area contributed by atoms with E-state index in [0.717, 1.165) is 30.6 Å². The molecule has 1 rings (SSSR count). The summed E-state index contributed by atoms with van der Waals surface area (Å²) in [5.74, 6) is -0.879. The molecule has 0 unspecified atom stereocenters. The van der Waals surface area contributed by atoms with Crippen molar-refractivity contribution in [3.05, 3.63) is 42.0 Å². The molecule has 17 heavy (non-hydrogen) atoms. The molecule has 0 aliphatic carbocycles. The highest BCUT2D eigenvalue weighted by atomic mass is 16.4. The third kappa shape index (κ3) is 3.63. The van der Waals surface area contributed by atoms with Crippen LogP contribution in [-0.2, 0) is 0 Å². The van der Waals surface area contributed by atoms with Crippen LogP contribution >= 0.6 is 0 Å². The van der Waals surface area contributed by atoms with Gasteiger partial charge >= 0.3 is 5.97 Å². The molecule has 1 aromatic rings. The van der Waals surface area contributed by atoms with Crippen molar-refractivity contribution in [3.8, 4) is 0 Å². The Kier molecular flexibility index (Phi) is 4.76. The number of nitrogens with zero attached hydrogens (tertiary/aromatic N) is 1. The Morgan fingerprint density at radius 1 is 1.53 bits per heavy atom. The molecule has 0 aliphatic heterocycles. The highest BCUT2D eigenvalue weighted by Gasteiger charge is 2.12. The van der Waals surface area contributed by atoms with Crippen LogP contribution in [0.2, 0.25) is 0 Å². The van der Waals surface area contributed by atoms with Gasteiger partial charge in [-0.15, -0.1) is 6.58 Å². The third-order valence-corrected chi connectivity index (χ3v) is 2.70. The van der Waals surface area contributed by atoms with Crippen molar-refractivity contribution < 1.29 is 9.90 Å². The Labute approximate surface area is 102 Å². The van der Waals surface area contributed by atoms with Crippen LogP contribution in [-0.4, -0.2) is 24.7 Å². The van der Waals surface area contributed by atoms with Crippen LogP contribution in [0.15, 0.2) is 30.9 Å². The number of aromatic carboxylic acids is 1. The Balaban J connectivity index is 2.89. The predicted molar refractivity (Wildman–Crippen MR) is 70.8 cm³/mol. The van der Waals surface area contributed by atoms with Gasteiger partial charge < -0.3 is 10.0 Å². The van der Waals surface area contributed by atoms with Gasteiger partial charge in [-0.25, -0.2) is 4.79 Å². The van der Waals surface area contributed by atoms with E-state index in [4.69, 9.17) is 5.11 Å². The van der Waals surface area contributed by atoms with Gasteiger partial charge in [0.2, 0.25) is 0 Å². The lowest BCUT2D eigenvalue weighted by atomic mass is 10.1. The summed E-state index contributed by atoms with van der Waals surface area (Å²) in [5, 5.41) is 9.13. The fourth-order valence-corrected chi connectivity index (χ4v) is 1.73. The van der Waals surface area contributed by atoms with E-state index in [1.54, 1.807) is 6.07 Å². The third-order valence-electron chi connectivity index (χ3n) is 2.70. The number of aryl methyl sites for hydroxylation is 1. The second kappa shape index (κ2) is 6.09. The van der Waals surface area contributed by atoms with E-state index in [1.165, 1.54) is 0 Å². The topological polar surface area (TPSA) is 40.5 Å². The van der Waals surface area contributed by atoms with Crippen LogP contribution < -0.4 is 4.90 Å². The molecular weight excluding hydrogens is 214 g/mol. The number of anilines is 1. The Morgan fingerprint density at radius 2 is 2.24 bits per heavy atom. The highest BCUT2D eigenvalue weighted by Crippen LogP contribution is 2.21. The maximum absolute atomic E-state index is 11.1. The van der Waals surface area contributed by atoms with Crippen molar-refractivity contribution in [3.63, 3.8) is 0 Å². The molecule has 0 bridgehead atoms. The Bertz CT molecular complexity index is 413. The monoisotopic (exact) mass is 233 g/mol. The lowest BCUT2D eigenvalue weighted by molar-refractivity contribution is 0.0697. The molecule has 0 heterocycles. The van der Waals surface area contributed by atoms with Gasteiger partial charge in [0.15, 0.2) is 0 Å². The van der Waals surface area contributed by atoms with Crippen LogP contribution in [0.5, 0.6) is 0 Å².